The molecule has 3 aromatic rings. The van der Waals surface area contributed by atoms with Gasteiger partial charge in [0.1, 0.15) is 5.76 Å². The van der Waals surface area contributed by atoms with Gasteiger partial charge in [0.2, 0.25) is 0 Å². The topological polar surface area (TPSA) is 72.4 Å². The standard InChI is InChI=1S/C12H9BrN4O2/c13-8-5-14-11-4-10(16-17(11)7-8)12(18)15-6-9-2-1-3-19-9/h1-5,7H,6H2,(H,15,18). The molecule has 0 saturated carbocycles. The van der Waals surface area contributed by atoms with Crippen LogP contribution in [0.2, 0.25) is 0 Å². The molecule has 0 aliphatic carbocycles. The van der Waals surface area contributed by atoms with Crippen LogP contribution in [0.3, 0.4) is 0 Å². The van der Waals surface area contributed by atoms with Crippen molar-refractivity contribution in [1.82, 2.24) is 19.9 Å². The Morgan fingerprint density at radius 3 is 3.21 bits per heavy atom. The van der Waals surface area contributed by atoms with E-state index in [1.165, 1.54) is 0 Å². The summed E-state index contributed by atoms with van der Waals surface area (Å²) in [6, 6.07) is 5.19. The van der Waals surface area contributed by atoms with E-state index in [0.29, 0.717) is 23.6 Å². The number of aromatic nitrogens is 3. The third kappa shape index (κ3) is 2.50. The minimum Gasteiger partial charge on any atom is -0.467 e. The van der Waals surface area contributed by atoms with Crippen LogP contribution in [0, 0.1) is 0 Å². The summed E-state index contributed by atoms with van der Waals surface area (Å²) in [5.74, 6) is 0.427. The molecule has 6 nitrogen and oxygen atoms in total. The lowest BCUT2D eigenvalue weighted by Gasteiger charge is -1.99. The van der Waals surface area contributed by atoms with Crippen molar-refractivity contribution >= 4 is 27.5 Å². The van der Waals surface area contributed by atoms with E-state index in [1.54, 1.807) is 41.4 Å². The number of nitrogens with zero attached hydrogens (tertiary/aromatic N) is 3. The van der Waals surface area contributed by atoms with Gasteiger partial charge in [-0.25, -0.2) is 9.50 Å². The highest BCUT2D eigenvalue weighted by Crippen LogP contribution is 2.10. The summed E-state index contributed by atoms with van der Waals surface area (Å²) in [7, 11) is 0. The van der Waals surface area contributed by atoms with Gasteiger partial charge in [-0.1, -0.05) is 0 Å². The molecule has 96 valence electrons. The van der Waals surface area contributed by atoms with E-state index in [9.17, 15) is 4.79 Å². The van der Waals surface area contributed by atoms with Gasteiger partial charge in [0, 0.05) is 18.5 Å². The molecule has 0 aliphatic heterocycles. The summed E-state index contributed by atoms with van der Waals surface area (Å²) in [5, 5.41) is 6.88. The second-order valence-corrected chi connectivity index (χ2v) is 4.78. The molecule has 0 fully saturated rings. The summed E-state index contributed by atoms with van der Waals surface area (Å²) in [5.41, 5.74) is 0.934. The van der Waals surface area contributed by atoms with Gasteiger partial charge < -0.3 is 9.73 Å². The number of rotatable bonds is 3. The number of nitrogens with one attached hydrogen (secondary N) is 1. The Kier molecular flexibility index (Phi) is 3.04. The van der Waals surface area contributed by atoms with E-state index in [4.69, 9.17) is 4.42 Å². The van der Waals surface area contributed by atoms with Crippen molar-refractivity contribution in [1.29, 1.82) is 0 Å². The highest BCUT2D eigenvalue weighted by Gasteiger charge is 2.11. The third-order valence-electron chi connectivity index (χ3n) is 2.52. The highest BCUT2D eigenvalue weighted by atomic mass is 79.9. The van der Waals surface area contributed by atoms with Gasteiger partial charge in [-0.2, -0.15) is 5.10 Å². The minimum absolute atomic E-state index is 0.266. The molecular formula is C12H9BrN4O2. The number of carbonyl (C=O) groups excluding carboxylic acids is 1. The zero-order chi connectivity index (χ0) is 13.2. The van der Waals surface area contributed by atoms with Crippen molar-refractivity contribution in [2.45, 2.75) is 6.54 Å². The fourth-order valence-electron chi connectivity index (χ4n) is 1.64. The molecule has 0 spiro atoms. The fraction of sp³-hybridized carbons (Fsp3) is 0.0833. The first-order chi connectivity index (χ1) is 9.22. The van der Waals surface area contributed by atoms with Crippen LogP contribution in [-0.2, 0) is 6.54 Å². The molecule has 3 rings (SSSR count). The molecule has 1 N–H and O–H groups in total. The Morgan fingerprint density at radius 2 is 2.42 bits per heavy atom. The molecule has 0 aliphatic rings. The van der Waals surface area contributed by atoms with Crippen molar-refractivity contribution in [3.05, 3.63) is 52.8 Å². The first-order valence-electron chi connectivity index (χ1n) is 5.54. The number of fused-ring (bicyclic) bond motifs is 1. The third-order valence-corrected chi connectivity index (χ3v) is 2.93. The fourth-order valence-corrected chi connectivity index (χ4v) is 1.93. The average Bonchev–Trinajstić information content (AvgIpc) is 3.04. The second kappa shape index (κ2) is 4.85. The Hall–Kier alpha value is -2.15. The smallest absolute Gasteiger partial charge is 0.272 e. The van der Waals surface area contributed by atoms with Crippen LogP contribution in [0.25, 0.3) is 5.65 Å². The molecular weight excluding hydrogens is 312 g/mol. The maximum absolute atomic E-state index is 11.9. The molecule has 7 heteroatoms. The van der Waals surface area contributed by atoms with Gasteiger partial charge in [0.05, 0.1) is 17.3 Å². The van der Waals surface area contributed by atoms with E-state index in [-0.39, 0.29) is 5.91 Å². The van der Waals surface area contributed by atoms with Crippen molar-refractivity contribution in [2.75, 3.05) is 0 Å². The van der Waals surface area contributed by atoms with Crippen molar-refractivity contribution in [2.24, 2.45) is 0 Å². The molecule has 0 saturated heterocycles. The van der Waals surface area contributed by atoms with Crippen LogP contribution in [0.5, 0.6) is 0 Å². The zero-order valence-electron chi connectivity index (χ0n) is 9.71. The lowest BCUT2D eigenvalue weighted by atomic mass is 10.4. The van der Waals surface area contributed by atoms with E-state index < -0.39 is 0 Å². The molecule has 0 atom stereocenters. The first kappa shape index (κ1) is 11.9. The summed E-state index contributed by atoms with van der Waals surface area (Å²) >= 11 is 3.30. The van der Waals surface area contributed by atoms with E-state index in [0.717, 1.165) is 4.47 Å². The molecule has 3 aromatic heterocycles. The SMILES string of the molecule is O=C(NCc1ccco1)c1cc2ncc(Br)cn2n1. The number of hydrogen-bond acceptors (Lipinski definition) is 4. The molecule has 0 aromatic carbocycles. The maximum atomic E-state index is 11.9. The van der Waals surface area contributed by atoms with Crippen molar-refractivity contribution in [3.63, 3.8) is 0 Å². The van der Waals surface area contributed by atoms with E-state index in [2.05, 4.69) is 31.3 Å². The molecule has 0 unspecified atom stereocenters. The summed E-state index contributed by atoms with van der Waals surface area (Å²) in [6.07, 6.45) is 4.96. The average molecular weight is 321 g/mol. The summed E-state index contributed by atoms with van der Waals surface area (Å²) in [6.45, 7) is 0.330. The number of carbonyl (C=O) groups is 1. The second-order valence-electron chi connectivity index (χ2n) is 3.87. The number of hydrogen-bond donors (Lipinski definition) is 1. The quantitative estimate of drug-likeness (QED) is 0.801. The van der Waals surface area contributed by atoms with E-state index >= 15 is 0 Å². The number of halogens is 1. The zero-order valence-corrected chi connectivity index (χ0v) is 11.3. The molecule has 3 heterocycles. The number of furan rings is 1. The lowest BCUT2D eigenvalue weighted by Crippen LogP contribution is -2.23. The molecule has 1 amide bonds. The van der Waals surface area contributed by atoms with Crippen molar-refractivity contribution < 1.29 is 9.21 Å². The van der Waals surface area contributed by atoms with Crippen LogP contribution in [0.4, 0.5) is 0 Å². The van der Waals surface area contributed by atoms with E-state index in [1.807, 2.05) is 0 Å². The Bertz CT molecular complexity index is 720. The highest BCUT2D eigenvalue weighted by molar-refractivity contribution is 9.10. The normalized spacial score (nSPS) is 10.8. The van der Waals surface area contributed by atoms with Crippen LogP contribution in [0.1, 0.15) is 16.2 Å². The Labute approximate surface area is 116 Å². The molecule has 0 radical (unpaired) electrons. The van der Waals surface area contributed by atoms with Gasteiger partial charge in [-0.3, -0.25) is 4.79 Å². The molecule has 0 bridgehead atoms. The van der Waals surface area contributed by atoms with Crippen LogP contribution in [0.15, 0.2) is 45.7 Å². The largest absolute Gasteiger partial charge is 0.467 e. The Balaban J connectivity index is 1.77. The predicted molar refractivity (Wildman–Crippen MR) is 70.6 cm³/mol. The lowest BCUT2D eigenvalue weighted by molar-refractivity contribution is 0.0942. The predicted octanol–water partition coefficient (Wildman–Crippen LogP) is 2.01. The van der Waals surface area contributed by atoms with Crippen molar-refractivity contribution in [3.8, 4) is 0 Å². The van der Waals surface area contributed by atoms with Crippen LogP contribution < -0.4 is 5.32 Å². The van der Waals surface area contributed by atoms with Crippen LogP contribution in [-0.4, -0.2) is 20.5 Å². The minimum atomic E-state index is -0.266. The van der Waals surface area contributed by atoms with Gasteiger partial charge in [0.15, 0.2) is 11.3 Å². The van der Waals surface area contributed by atoms with Gasteiger partial charge in [-0.15, -0.1) is 0 Å². The van der Waals surface area contributed by atoms with Gasteiger partial charge in [-0.05, 0) is 28.1 Å². The summed E-state index contributed by atoms with van der Waals surface area (Å²) < 4.78 is 7.48. The van der Waals surface area contributed by atoms with Gasteiger partial charge >= 0.3 is 0 Å². The molecule has 19 heavy (non-hydrogen) atoms. The maximum Gasteiger partial charge on any atom is 0.272 e. The van der Waals surface area contributed by atoms with Gasteiger partial charge in [0.25, 0.3) is 5.91 Å². The van der Waals surface area contributed by atoms with Crippen LogP contribution >= 0.6 is 15.9 Å². The monoisotopic (exact) mass is 320 g/mol. The Morgan fingerprint density at radius 1 is 1.53 bits per heavy atom. The number of amides is 1. The summed E-state index contributed by atoms with van der Waals surface area (Å²) in [4.78, 5) is 16.1. The first-order valence-corrected chi connectivity index (χ1v) is 6.33.